The predicted molar refractivity (Wildman–Crippen MR) is 52.7 cm³/mol. The van der Waals surface area contributed by atoms with E-state index in [0.717, 1.165) is 11.5 Å². The van der Waals surface area contributed by atoms with Crippen LogP contribution in [0.5, 0.6) is 0 Å². The highest BCUT2D eigenvalue weighted by Gasteiger charge is 2.44. The quantitative estimate of drug-likeness (QED) is 0.741. The van der Waals surface area contributed by atoms with Crippen molar-refractivity contribution < 1.29 is 9.15 Å². The molecule has 0 amide bonds. The molecule has 4 heteroatoms. The molecule has 78 valence electrons. The van der Waals surface area contributed by atoms with Gasteiger partial charge in [0.2, 0.25) is 0 Å². The number of hydrogen-bond acceptors (Lipinski definition) is 4. The molecule has 0 spiro atoms. The van der Waals surface area contributed by atoms with Crippen molar-refractivity contribution in [2.24, 2.45) is 16.9 Å². The Morgan fingerprint density at radius 1 is 1.50 bits per heavy atom. The van der Waals surface area contributed by atoms with E-state index in [9.17, 15) is 0 Å². The zero-order valence-electron chi connectivity index (χ0n) is 8.32. The molecule has 1 aromatic heterocycles. The Balaban J connectivity index is 2.18. The van der Waals surface area contributed by atoms with Crippen molar-refractivity contribution in [2.45, 2.75) is 13.0 Å². The van der Waals surface area contributed by atoms with Crippen molar-refractivity contribution >= 4 is 0 Å². The lowest BCUT2D eigenvalue weighted by Gasteiger charge is -2.43. The molecule has 0 radical (unpaired) electrons. The molecule has 1 saturated heterocycles. The summed E-state index contributed by atoms with van der Waals surface area (Å²) in [5.74, 6) is 1.68. The van der Waals surface area contributed by atoms with Crippen molar-refractivity contribution in [2.75, 3.05) is 19.8 Å². The van der Waals surface area contributed by atoms with Crippen LogP contribution in [-0.4, -0.2) is 19.8 Å². The second kappa shape index (κ2) is 3.38. The topological polar surface area (TPSA) is 74.4 Å². The van der Waals surface area contributed by atoms with Crippen LogP contribution < -0.4 is 11.5 Å². The molecule has 1 unspecified atom stereocenters. The summed E-state index contributed by atoms with van der Waals surface area (Å²) in [5.41, 5.74) is 11.7. The fourth-order valence-corrected chi connectivity index (χ4v) is 1.71. The second-order valence-corrected chi connectivity index (χ2v) is 3.99. The summed E-state index contributed by atoms with van der Waals surface area (Å²) >= 11 is 0. The number of aryl methyl sites for hydroxylation is 1. The van der Waals surface area contributed by atoms with Crippen LogP contribution in [0, 0.1) is 12.3 Å². The van der Waals surface area contributed by atoms with Crippen LogP contribution in [0.4, 0.5) is 0 Å². The fourth-order valence-electron chi connectivity index (χ4n) is 1.71. The average Bonchev–Trinajstić information content (AvgIpc) is 2.50. The van der Waals surface area contributed by atoms with Crippen molar-refractivity contribution in [3.05, 3.63) is 23.7 Å². The van der Waals surface area contributed by atoms with Gasteiger partial charge in [-0.05, 0) is 19.1 Å². The molecule has 2 heterocycles. The molecule has 14 heavy (non-hydrogen) atoms. The molecular formula is C10H16N2O2. The zero-order chi connectivity index (χ0) is 10.2. The first-order valence-corrected chi connectivity index (χ1v) is 4.78. The molecule has 0 bridgehead atoms. The Morgan fingerprint density at radius 3 is 2.57 bits per heavy atom. The Hall–Kier alpha value is -0.840. The fraction of sp³-hybridized carbons (Fsp3) is 0.600. The Kier molecular flexibility index (Phi) is 2.34. The third-order valence-corrected chi connectivity index (χ3v) is 2.91. The standard InChI is InChI=1S/C10H16N2O2/c1-7-2-3-8(14-7)9(12)10(4-11)5-13-6-10/h2-3,9H,4-6,11-12H2,1H3. The largest absolute Gasteiger partial charge is 0.465 e. The van der Waals surface area contributed by atoms with Crippen LogP contribution in [0.15, 0.2) is 16.5 Å². The second-order valence-electron chi connectivity index (χ2n) is 3.99. The lowest BCUT2D eigenvalue weighted by atomic mass is 9.78. The lowest BCUT2D eigenvalue weighted by Crippen LogP contribution is -2.54. The average molecular weight is 196 g/mol. The number of ether oxygens (including phenoxy) is 1. The van der Waals surface area contributed by atoms with E-state index in [-0.39, 0.29) is 11.5 Å². The molecule has 1 fully saturated rings. The number of furan rings is 1. The molecule has 1 aromatic rings. The molecular weight excluding hydrogens is 180 g/mol. The van der Waals surface area contributed by atoms with Crippen LogP contribution in [0.25, 0.3) is 0 Å². The molecule has 0 aromatic carbocycles. The van der Waals surface area contributed by atoms with Gasteiger partial charge in [0.15, 0.2) is 0 Å². The molecule has 1 aliphatic heterocycles. The van der Waals surface area contributed by atoms with Crippen molar-refractivity contribution in [1.29, 1.82) is 0 Å². The van der Waals surface area contributed by atoms with Gasteiger partial charge in [0, 0.05) is 6.54 Å². The molecule has 1 atom stereocenters. The Morgan fingerprint density at radius 2 is 2.21 bits per heavy atom. The highest BCUT2D eigenvalue weighted by Crippen LogP contribution is 2.38. The normalized spacial score (nSPS) is 21.6. The van der Waals surface area contributed by atoms with E-state index in [1.54, 1.807) is 0 Å². The van der Waals surface area contributed by atoms with Gasteiger partial charge < -0.3 is 20.6 Å². The lowest BCUT2D eigenvalue weighted by molar-refractivity contribution is -0.124. The third kappa shape index (κ3) is 1.35. The maximum Gasteiger partial charge on any atom is 0.121 e. The van der Waals surface area contributed by atoms with E-state index in [0.29, 0.717) is 19.8 Å². The van der Waals surface area contributed by atoms with Crippen LogP contribution in [-0.2, 0) is 4.74 Å². The molecule has 1 aliphatic rings. The van der Waals surface area contributed by atoms with E-state index >= 15 is 0 Å². The van der Waals surface area contributed by atoms with Gasteiger partial charge in [-0.3, -0.25) is 0 Å². The predicted octanol–water partition coefficient (Wildman–Crippen LogP) is 0.563. The first-order valence-electron chi connectivity index (χ1n) is 4.78. The minimum atomic E-state index is -0.157. The first-order chi connectivity index (χ1) is 6.68. The molecule has 4 N–H and O–H groups in total. The SMILES string of the molecule is Cc1ccc(C(N)C2(CN)COC2)o1. The van der Waals surface area contributed by atoms with Gasteiger partial charge in [-0.15, -0.1) is 0 Å². The minimum Gasteiger partial charge on any atom is -0.465 e. The summed E-state index contributed by atoms with van der Waals surface area (Å²) < 4.78 is 10.7. The third-order valence-electron chi connectivity index (χ3n) is 2.91. The highest BCUT2D eigenvalue weighted by atomic mass is 16.5. The van der Waals surface area contributed by atoms with Gasteiger partial charge in [0.25, 0.3) is 0 Å². The van der Waals surface area contributed by atoms with Crippen LogP contribution >= 0.6 is 0 Å². The number of hydrogen-bond donors (Lipinski definition) is 2. The van der Waals surface area contributed by atoms with E-state index in [1.165, 1.54) is 0 Å². The van der Waals surface area contributed by atoms with Crippen LogP contribution in [0.3, 0.4) is 0 Å². The summed E-state index contributed by atoms with van der Waals surface area (Å²) in [5, 5.41) is 0. The van der Waals surface area contributed by atoms with Gasteiger partial charge in [-0.2, -0.15) is 0 Å². The summed E-state index contributed by atoms with van der Waals surface area (Å²) in [4.78, 5) is 0. The minimum absolute atomic E-state index is 0.121. The Bertz CT molecular complexity index is 312. The maximum absolute atomic E-state index is 6.11. The number of nitrogens with two attached hydrogens (primary N) is 2. The monoisotopic (exact) mass is 196 g/mol. The van der Waals surface area contributed by atoms with Gasteiger partial charge in [0.1, 0.15) is 11.5 Å². The first kappa shape index (κ1) is 9.71. The summed E-state index contributed by atoms with van der Waals surface area (Å²) in [7, 11) is 0. The van der Waals surface area contributed by atoms with Crippen molar-refractivity contribution in [1.82, 2.24) is 0 Å². The Labute approximate surface area is 83.2 Å². The van der Waals surface area contributed by atoms with E-state index in [2.05, 4.69) is 0 Å². The summed E-state index contributed by atoms with van der Waals surface area (Å²) in [6.45, 7) is 3.70. The number of rotatable bonds is 3. The van der Waals surface area contributed by atoms with Crippen molar-refractivity contribution in [3.63, 3.8) is 0 Å². The van der Waals surface area contributed by atoms with Gasteiger partial charge in [-0.1, -0.05) is 0 Å². The molecule has 2 rings (SSSR count). The molecule has 0 aliphatic carbocycles. The van der Waals surface area contributed by atoms with E-state index < -0.39 is 0 Å². The maximum atomic E-state index is 6.11. The van der Waals surface area contributed by atoms with Gasteiger partial charge >= 0.3 is 0 Å². The summed E-state index contributed by atoms with van der Waals surface area (Å²) in [6.07, 6.45) is 0. The van der Waals surface area contributed by atoms with Crippen molar-refractivity contribution in [3.8, 4) is 0 Å². The van der Waals surface area contributed by atoms with Crippen LogP contribution in [0.2, 0.25) is 0 Å². The van der Waals surface area contributed by atoms with Crippen LogP contribution in [0.1, 0.15) is 17.6 Å². The smallest absolute Gasteiger partial charge is 0.121 e. The summed E-state index contributed by atoms with van der Waals surface area (Å²) in [6, 6.07) is 3.67. The van der Waals surface area contributed by atoms with Gasteiger partial charge in [-0.25, -0.2) is 0 Å². The van der Waals surface area contributed by atoms with E-state index in [1.807, 2.05) is 19.1 Å². The molecule has 4 nitrogen and oxygen atoms in total. The molecule has 0 saturated carbocycles. The van der Waals surface area contributed by atoms with E-state index in [4.69, 9.17) is 20.6 Å². The highest BCUT2D eigenvalue weighted by molar-refractivity contribution is 5.14. The van der Waals surface area contributed by atoms with Gasteiger partial charge in [0.05, 0.1) is 24.7 Å². The zero-order valence-corrected chi connectivity index (χ0v) is 8.32.